The van der Waals surface area contributed by atoms with Crippen molar-refractivity contribution in [3.05, 3.63) is 39.9 Å². The lowest BCUT2D eigenvalue weighted by molar-refractivity contribution is -0.757. The molecule has 0 N–H and O–H groups in total. The van der Waals surface area contributed by atoms with Crippen molar-refractivity contribution in [2.75, 3.05) is 44.5 Å². The van der Waals surface area contributed by atoms with Crippen LogP contribution in [0.3, 0.4) is 0 Å². The van der Waals surface area contributed by atoms with Gasteiger partial charge in [-0.15, -0.1) is 10.1 Å². The summed E-state index contributed by atoms with van der Waals surface area (Å²) in [4.78, 5) is 38.5. The van der Waals surface area contributed by atoms with Gasteiger partial charge in [0.05, 0.1) is 26.4 Å². The van der Waals surface area contributed by atoms with Gasteiger partial charge in [-0.2, -0.15) is 0 Å². The molecule has 1 aromatic rings. The van der Waals surface area contributed by atoms with Gasteiger partial charge in [0.1, 0.15) is 17.9 Å². The molecule has 0 atom stereocenters. The molecule has 0 unspecified atom stereocenters. The minimum Gasteiger partial charge on any atom is -0.461 e. The van der Waals surface area contributed by atoms with Crippen LogP contribution < -0.4 is 4.74 Å². The van der Waals surface area contributed by atoms with Crippen molar-refractivity contribution in [1.82, 2.24) is 0 Å². The number of rotatable bonds is 19. The number of esters is 2. The first-order chi connectivity index (χ1) is 16.0. The molecule has 0 aliphatic rings. The van der Waals surface area contributed by atoms with Gasteiger partial charge < -0.3 is 27.9 Å². The Labute approximate surface area is 201 Å². The average molecular weight is 526 g/mol. The van der Waals surface area contributed by atoms with Crippen LogP contribution in [-0.2, 0) is 27.9 Å². The molecule has 14 heteroatoms. The van der Waals surface area contributed by atoms with E-state index >= 15 is 0 Å². The largest absolute Gasteiger partial charge is 0.461 e. The summed E-state index contributed by atoms with van der Waals surface area (Å²) in [6.45, 7) is 5.27. The number of carbonyl (C=O) groups excluding carboxylic acids is 2. The van der Waals surface area contributed by atoms with E-state index in [4.69, 9.17) is 23.0 Å². The molecule has 0 bridgehead atoms. The van der Waals surface area contributed by atoms with E-state index in [0.717, 1.165) is 5.75 Å². The number of benzene rings is 1. The average Bonchev–Trinajstić information content (AvgIpc) is 2.78. The van der Waals surface area contributed by atoms with Crippen LogP contribution in [0, 0.1) is 10.1 Å². The van der Waals surface area contributed by atoms with Crippen molar-refractivity contribution in [2.45, 2.75) is 26.7 Å². The summed E-state index contributed by atoms with van der Waals surface area (Å²) in [6.07, 6.45) is 0.0249. The van der Waals surface area contributed by atoms with Crippen molar-refractivity contribution < 1.29 is 42.6 Å². The third kappa shape index (κ3) is 14.3. The Morgan fingerprint density at radius 2 is 1.67 bits per heavy atom. The van der Waals surface area contributed by atoms with Gasteiger partial charge in [-0.3, -0.25) is 4.79 Å². The molecule has 0 fully saturated rings. The summed E-state index contributed by atoms with van der Waals surface area (Å²) in [7, 11) is 1.82. The predicted octanol–water partition coefficient (Wildman–Crippen LogP) is 4.44. The van der Waals surface area contributed by atoms with E-state index in [1.807, 2.05) is 13.8 Å². The standard InChI is InChI=1S/C19H28NO10PS2/c1-3-27-31(28-4-2)29-13-15-33-32-14-12-25-19(22)16-8-5-6-9-17(16)30-18(21)10-7-11-26-20(23)24/h5-6,8-9H,3-4,7,10-15H2,1-2H3. The lowest BCUT2D eigenvalue weighted by atomic mass is 10.2. The second-order valence-corrected chi connectivity index (χ2v) is 9.73. The smallest absolute Gasteiger partial charge is 0.341 e. The van der Waals surface area contributed by atoms with E-state index < -0.39 is 25.6 Å². The van der Waals surface area contributed by atoms with Crippen LogP contribution in [0.25, 0.3) is 0 Å². The summed E-state index contributed by atoms with van der Waals surface area (Å²) in [5, 5.41) is 9.17. The molecule has 11 nitrogen and oxygen atoms in total. The minimum atomic E-state index is -1.30. The maximum Gasteiger partial charge on any atom is 0.341 e. The van der Waals surface area contributed by atoms with E-state index in [-0.39, 0.29) is 37.4 Å². The molecule has 0 amide bonds. The summed E-state index contributed by atoms with van der Waals surface area (Å²) >= 11 is 0. The van der Waals surface area contributed by atoms with Crippen molar-refractivity contribution in [3.63, 3.8) is 0 Å². The highest BCUT2D eigenvalue weighted by Crippen LogP contribution is 2.39. The second kappa shape index (κ2) is 18.8. The SMILES string of the molecule is CCOP(OCC)OCCSSCCOC(=O)c1ccccc1OC(=O)CCCO[N+](=O)[O-]. The lowest BCUT2D eigenvalue weighted by Crippen LogP contribution is -2.14. The molecule has 0 saturated heterocycles. The molecule has 33 heavy (non-hydrogen) atoms. The molecule has 1 aromatic carbocycles. The third-order valence-corrected chi connectivity index (χ3v) is 7.03. The van der Waals surface area contributed by atoms with Crippen LogP contribution in [0.5, 0.6) is 5.75 Å². The zero-order valence-electron chi connectivity index (χ0n) is 18.5. The Kier molecular flexibility index (Phi) is 16.7. The molecule has 0 aromatic heterocycles. The van der Waals surface area contributed by atoms with Gasteiger partial charge in [0.25, 0.3) is 5.09 Å². The Morgan fingerprint density at radius 1 is 1.00 bits per heavy atom. The number of ether oxygens (including phenoxy) is 2. The first kappa shape index (κ1) is 29.4. The van der Waals surface area contributed by atoms with Crippen LogP contribution in [0.15, 0.2) is 24.3 Å². The molecule has 0 heterocycles. The van der Waals surface area contributed by atoms with Crippen molar-refractivity contribution in [1.29, 1.82) is 0 Å². The topological polar surface area (TPSA) is 133 Å². The van der Waals surface area contributed by atoms with E-state index in [2.05, 4.69) is 4.84 Å². The van der Waals surface area contributed by atoms with Crippen LogP contribution in [0.1, 0.15) is 37.0 Å². The molecule has 1 rings (SSSR count). The highest BCUT2D eigenvalue weighted by molar-refractivity contribution is 8.76. The number of hydrogen-bond donors (Lipinski definition) is 0. The van der Waals surface area contributed by atoms with Gasteiger partial charge in [-0.25, -0.2) is 4.79 Å². The van der Waals surface area contributed by atoms with Gasteiger partial charge in [-0.1, -0.05) is 33.7 Å². The molecule has 0 radical (unpaired) electrons. The molecule has 0 saturated carbocycles. The number of hydrogen-bond acceptors (Lipinski definition) is 12. The van der Waals surface area contributed by atoms with Gasteiger partial charge >= 0.3 is 20.5 Å². The minimum absolute atomic E-state index is 0.0713. The van der Waals surface area contributed by atoms with Crippen LogP contribution >= 0.6 is 30.2 Å². The van der Waals surface area contributed by atoms with Crippen LogP contribution in [0.2, 0.25) is 0 Å². The highest BCUT2D eigenvalue weighted by atomic mass is 33.1. The van der Waals surface area contributed by atoms with E-state index in [1.165, 1.54) is 22.9 Å². The number of carbonyl (C=O) groups is 2. The molecule has 186 valence electrons. The van der Waals surface area contributed by atoms with Gasteiger partial charge in [0, 0.05) is 17.9 Å². The summed E-state index contributed by atoms with van der Waals surface area (Å²) in [5.74, 6) is 0.127. The maximum absolute atomic E-state index is 12.3. The van der Waals surface area contributed by atoms with Crippen molar-refractivity contribution in [3.8, 4) is 5.75 Å². The van der Waals surface area contributed by atoms with E-state index in [9.17, 15) is 19.7 Å². The Morgan fingerprint density at radius 3 is 2.33 bits per heavy atom. The normalized spacial score (nSPS) is 10.8. The molecular formula is C19H28NO10PS2. The quantitative estimate of drug-likeness (QED) is 0.0481. The zero-order chi connectivity index (χ0) is 24.3. The van der Waals surface area contributed by atoms with Crippen LogP contribution in [-0.4, -0.2) is 61.6 Å². The van der Waals surface area contributed by atoms with Gasteiger partial charge in [0.2, 0.25) is 0 Å². The Balaban J connectivity index is 2.27. The molecule has 0 spiro atoms. The van der Waals surface area contributed by atoms with Gasteiger partial charge in [0.15, 0.2) is 0 Å². The fourth-order valence-corrected chi connectivity index (χ4v) is 4.75. The van der Waals surface area contributed by atoms with E-state index in [0.29, 0.717) is 25.6 Å². The molecule has 0 aliphatic carbocycles. The van der Waals surface area contributed by atoms with Gasteiger partial charge in [-0.05, 0) is 32.4 Å². The monoisotopic (exact) mass is 525 g/mol. The predicted molar refractivity (Wildman–Crippen MR) is 126 cm³/mol. The zero-order valence-corrected chi connectivity index (χ0v) is 21.0. The first-order valence-electron chi connectivity index (χ1n) is 10.1. The molecule has 0 aliphatic heterocycles. The number of para-hydroxylation sites is 1. The Bertz CT molecular complexity index is 722. The van der Waals surface area contributed by atoms with Crippen molar-refractivity contribution in [2.24, 2.45) is 0 Å². The highest BCUT2D eigenvalue weighted by Gasteiger charge is 2.16. The van der Waals surface area contributed by atoms with E-state index in [1.54, 1.807) is 22.9 Å². The summed E-state index contributed by atoms with van der Waals surface area (Å²) in [5.41, 5.74) is 0.124. The maximum atomic E-state index is 12.3. The third-order valence-electron chi connectivity index (χ3n) is 3.37. The summed E-state index contributed by atoms with van der Waals surface area (Å²) in [6, 6.07) is 6.22. The summed E-state index contributed by atoms with van der Waals surface area (Å²) < 4.78 is 26.7. The fraction of sp³-hybridized carbons (Fsp3) is 0.579. The fourth-order valence-electron chi connectivity index (χ4n) is 2.09. The molecular weight excluding hydrogens is 497 g/mol. The first-order valence-corrected chi connectivity index (χ1v) is 13.7. The van der Waals surface area contributed by atoms with Crippen molar-refractivity contribution >= 4 is 42.1 Å². The van der Waals surface area contributed by atoms with Crippen LogP contribution in [0.4, 0.5) is 0 Å². The number of nitrogens with zero attached hydrogens (tertiary/aromatic N) is 1. The second-order valence-electron chi connectivity index (χ2n) is 5.80. The lowest BCUT2D eigenvalue weighted by Gasteiger charge is -2.14. The Hall–Kier alpha value is -1.63.